The second-order valence-corrected chi connectivity index (χ2v) is 8.96. The quantitative estimate of drug-likeness (QED) is 0.562. The van der Waals surface area contributed by atoms with Gasteiger partial charge in [-0.05, 0) is 44.4 Å². The van der Waals surface area contributed by atoms with Crippen molar-refractivity contribution in [3.05, 3.63) is 11.3 Å². The van der Waals surface area contributed by atoms with E-state index in [0.717, 1.165) is 30.6 Å². The lowest BCUT2D eigenvalue weighted by atomic mass is 9.73. The van der Waals surface area contributed by atoms with Crippen molar-refractivity contribution in [1.29, 1.82) is 10.5 Å². The highest BCUT2D eigenvalue weighted by Crippen LogP contribution is 2.58. The van der Waals surface area contributed by atoms with Gasteiger partial charge in [0, 0.05) is 5.92 Å². The molecule has 25 heavy (non-hydrogen) atoms. The Labute approximate surface area is 154 Å². The second kappa shape index (κ2) is 9.10. The fraction of sp³-hybridized carbons (Fsp3) is 0.765. The molecule has 0 heterocycles. The molecule has 0 aliphatic heterocycles. The molecule has 0 aromatic rings. The van der Waals surface area contributed by atoms with E-state index in [2.05, 4.69) is 12.1 Å². The van der Waals surface area contributed by atoms with Crippen LogP contribution in [0.25, 0.3) is 0 Å². The van der Waals surface area contributed by atoms with Gasteiger partial charge in [-0.2, -0.15) is 10.5 Å². The third-order valence-electron chi connectivity index (χ3n) is 4.56. The summed E-state index contributed by atoms with van der Waals surface area (Å²) in [5, 5.41) is 19.0. The summed E-state index contributed by atoms with van der Waals surface area (Å²) in [6.07, 6.45) is 2.60. The number of allylic oxidation sites excluding steroid dienone is 1. The molecule has 1 saturated carbocycles. The van der Waals surface area contributed by atoms with E-state index in [0.29, 0.717) is 5.76 Å². The van der Waals surface area contributed by atoms with Gasteiger partial charge in [-0.1, -0.05) is 6.92 Å². The number of phosphoric acid groups is 1. The summed E-state index contributed by atoms with van der Waals surface area (Å²) in [5.74, 6) is 0.470. The van der Waals surface area contributed by atoms with E-state index in [1.54, 1.807) is 25.6 Å². The van der Waals surface area contributed by atoms with Gasteiger partial charge in [-0.3, -0.25) is 9.05 Å². The highest BCUT2D eigenvalue weighted by atomic mass is 32.2. The van der Waals surface area contributed by atoms with Crippen LogP contribution in [0.2, 0.25) is 0 Å². The lowest BCUT2D eigenvalue weighted by Crippen LogP contribution is -2.36. The number of hydrogen-bond donors (Lipinski definition) is 0. The molecular weight excluding hydrogens is 359 g/mol. The molecule has 0 bridgehead atoms. The van der Waals surface area contributed by atoms with E-state index in [9.17, 15) is 15.1 Å². The van der Waals surface area contributed by atoms with Crippen molar-refractivity contribution in [3.63, 3.8) is 0 Å². The first-order chi connectivity index (χ1) is 12.0. The third-order valence-corrected chi connectivity index (χ3v) is 7.33. The van der Waals surface area contributed by atoms with Crippen molar-refractivity contribution < 1.29 is 18.1 Å². The molecule has 2 rings (SSSR count). The van der Waals surface area contributed by atoms with Gasteiger partial charge in [0.2, 0.25) is 0 Å². The second-order valence-electron chi connectivity index (χ2n) is 5.95. The smallest absolute Gasteiger partial charge is 0.407 e. The van der Waals surface area contributed by atoms with Crippen molar-refractivity contribution in [1.82, 2.24) is 0 Å². The molecule has 0 aromatic heterocycles. The molecule has 0 spiro atoms. The molecule has 8 heteroatoms. The Morgan fingerprint density at radius 3 is 2.32 bits per heavy atom. The molecule has 1 fully saturated rings. The summed E-state index contributed by atoms with van der Waals surface area (Å²) in [7, 11) is -3.73. The van der Waals surface area contributed by atoms with Gasteiger partial charge in [-0.25, -0.2) is 4.57 Å². The Kier molecular flexibility index (Phi) is 7.40. The summed E-state index contributed by atoms with van der Waals surface area (Å²) in [4.78, 5) is 0. The third kappa shape index (κ3) is 4.23. The van der Waals surface area contributed by atoms with Gasteiger partial charge in [0.25, 0.3) is 0 Å². The number of nitrogens with zero attached hydrogens (tertiary/aromatic N) is 2. The minimum atomic E-state index is -3.73. The summed E-state index contributed by atoms with van der Waals surface area (Å²) in [5.41, 5.74) is 1.02. The van der Waals surface area contributed by atoms with Crippen molar-refractivity contribution in [2.75, 3.05) is 19.0 Å². The van der Waals surface area contributed by atoms with Crippen LogP contribution in [0.3, 0.4) is 0 Å². The predicted molar refractivity (Wildman–Crippen MR) is 96.4 cm³/mol. The number of fused-ring (bicyclic) bond motifs is 1. The number of nitriles is 2. The first-order valence-electron chi connectivity index (χ1n) is 8.77. The average Bonchev–Trinajstić information content (AvgIpc) is 3.06. The highest BCUT2D eigenvalue weighted by Gasteiger charge is 2.49. The molecule has 0 saturated heterocycles. The molecule has 4 atom stereocenters. The zero-order chi connectivity index (χ0) is 18.4. The van der Waals surface area contributed by atoms with Crippen LogP contribution in [0.5, 0.6) is 0 Å². The molecule has 0 amide bonds. The van der Waals surface area contributed by atoms with E-state index in [1.807, 2.05) is 6.92 Å². The highest BCUT2D eigenvalue weighted by molar-refractivity contribution is 8.00. The Bertz CT molecular complexity index is 630. The largest absolute Gasteiger partial charge is 0.529 e. The normalized spacial score (nSPS) is 29.0. The molecule has 2 aliphatic rings. The zero-order valence-corrected chi connectivity index (χ0v) is 16.6. The van der Waals surface area contributed by atoms with E-state index in [4.69, 9.17) is 13.6 Å². The van der Waals surface area contributed by atoms with Crippen LogP contribution in [-0.4, -0.2) is 24.2 Å². The number of phosphoric ester groups is 1. The molecule has 1 unspecified atom stereocenters. The summed E-state index contributed by atoms with van der Waals surface area (Å²) in [6.45, 7) is 5.87. The maximum Gasteiger partial charge on any atom is 0.529 e. The zero-order valence-electron chi connectivity index (χ0n) is 14.9. The Morgan fingerprint density at radius 1 is 1.16 bits per heavy atom. The molecular formula is C17H25N2O4PS. The fourth-order valence-corrected chi connectivity index (χ4v) is 6.18. The van der Waals surface area contributed by atoms with Crippen LogP contribution in [0.1, 0.15) is 40.0 Å². The Morgan fingerprint density at radius 2 is 1.80 bits per heavy atom. The van der Waals surface area contributed by atoms with Crippen molar-refractivity contribution in [2.45, 2.75) is 45.3 Å². The van der Waals surface area contributed by atoms with E-state index < -0.39 is 13.7 Å². The van der Waals surface area contributed by atoms with E-state index in [1.165, 1.54) is 0 Å². The lowest BCUT2D eigenvalue weighted by molar-refractivity contribution is 0.136. The predicted octanol–water partition coefficient (Wildman–Crippen LogP) is 4.65. The lowest BCUT2D eigenvalue weighted by Gasteiger charge is -2.37. The van der Waals surface area contributed by atoms with Crippen LogP contribution < -0.4 is 0 Å². The Balaban J connectivity index is 2.48. The van der Waals surface area contributed by atoms with Crippen molar-refractivity contribution >= 4 is 19.6 Å². The van der Waals surface area contributed by atoms with Crippen LogP contribution in [0, 0.1) is 40.4 Å². The maximum absolute atomic E-state index is 12.9. The first-order valence-corrected chi connectivity index (χ1v) is 11.3. The summed E-state index contributed by atoms with van der Waals surface area (Å²) >= 11 is 1.55. The molecule has 0 aromatic carbocycles. The fourth-order valence-electron chi connectivity index (χ4n) is 3.67. The van der Waals surface area contributed by atoms with Crippen LogP contribution >= 0.6 is 19.6 Å². The van der Waals surface area contributed by atoms with Gasteiger partial charge in [0.05, 0.1) is 42.4 Å². The van der Waals surface area contributed by atoms with Gasteiger partial charge in [-0.15, -0.1) is 11.8 Å². The molecule has 6 nitrogen and oxygen atoms in total. The van der Waals surface area contributed by atoms with Crippen molar-refractivity contribution in [3.8, 4) is 12.1 Å². The monoisotopic (exact) mass is 384 g/mol. The van der Waals surface area contributed by atoms with E-state index in [-0.39, 0.29) is 30.3 Å². The molecule has 0 radical (unpaired) electrons. The number of rotatable bonds is 8. The van der Waals surface area contributed by atoms with Crippen LogP contribution in [0.15, 0.2) is 11.3 Å². The molecule has 138 valence electrons. The SMILES string of the molecule is CCOP(=O)(OCC)OC1=C2CCC[C@@H]2C(C#N)[C@H](C#N)[C@@H]1SCC. The van der Waals surface area contributed by atoms with Gasteiger partial charge in [0.1, 0.15) is 5.76 Å². The van der Waals surface area contributed by atoms with Gasteiger partial charge in [0.15, 0.2) is 0 Å². The van der Waals surface area contributed by atoms with Gasteiger partial charge < -0.3 is 4.52 Å². The topological polar surface area (TPSA) is 92.3 Å². The first kappa shape index (κ1) is 20.3. The number of hydrogen-bond acceptors (Lipinski definition) is 7. The van der Waals surface area contributed by atoms with E-state index >= 15 is 0 Å². The molecule has 2 aliphatic carbocycles. The maximum atomic E-state index is 12.9. The minimum absolute atomic E-state index is 0.00457. The summed E-state index contributed by atoms with van der Waals surface area (Å²) in [6, 6.07) is 4.64. The van der Waals surface area contributed by atoms with Crippen LogP contribution in [-0.2, 0) is 18.1 Å². The number of thioether (sulfide) groups is 1. The van der Waals surface area contributed by atoms with Crippen molar-refractivity contribution in [2.24, 2.45) is 17.8 Å². The minimum Gasteiger partial charge on any atom is -0.407 e. The molecule has 0 N–H and O–H groups in total. The standard InChI is InChI=1S/C17H25N2O4PS/c1-4-21-24(20,22-5-2)23-16-13-9-7-8-12(13)14(10-18)15(11-19)17(16)25-6-3/h12,14-15,17H,4-9H2,1-3H3/t12-,14?,15-,17-/m0/s1. The summed E-state index contributed by atoms with van der Waals surface area (Å²) < 4.78 is 29.4. The van der Waals surface area contributed by atoms with Gasteiger partial charge >= 0.3 is 7.82 Å². The average molecular weight is 384 g/mol. The Hall–Kier alpha value is -0.980. The van der Waals surface area contributed by atoms with Crippen LogP contribution in [0.4, 0.5) is 0 Å².